The van der Waals surface area contributed by atoms with E-state index in [1.807, 2.05) is 60.9 Å². The van der Waals surface area contributed by atoms with Crippen LogP contribution in [0.4, 0.5) is 0 Å². The van der Waals surface area contributed by atoms with Crippen molar-refractivity contribution in [1.82, 2.24) is 10.3 Å². The fraction of sp³-hybridized carbons (Fsp3) is 0.0217. The van der Waals surface area contributed by atoms with E-state index in [4.69, 9.17) is 18.8 Å². The fourth-order valence-electron chi connectivity index (χ4n) is 7.87. The van der Waals surface area contributed by atoms with Gasteiger partial charge in [0.2, 0.25) is 0 Å². The molecule has 11 rings (SSSR count). The molecule has 7 aromatic carbocycles. The average Bonchev–Trinajstić information content (AvgIpc) is 3.77. The Bertz CT molecular complexity index is 3120. The summed E-state index contributed by atoms with van der Waals surface area (Å²) < 4.78 is 12.7. The fourth-order valence-corrected chi connectivity index (χ4v) is 7.87. The number of rotatable bonds is 4. The highest BCUT2D eigenvalue weighted by Gasteiger charge is 2.25. The monoisotopic (exact) mass is 668 g/mol. The molecule has 1 aliphatic rings. The lowest BCUT2D eigenvalue weighted by molar-refractivity contribution is 0.668. The Balaban J connectivity index is 1.11. The van der Waals surface area contributed by atoms with E-state index >= 15 is 0 Å². The molecule has 0 fully saturated rings. The first-order chi connectivity index (χ1) is 25.8. The molecular weight excluding hydrogens is 641 g/mol. The number of furan rings is 2. The number of aliphatic imine (C=N–C) groups is 2. The van der Waals surface area contributed by atoms with Gasteiger partial charge in [0.1, 0.15) is 34.3 Å². The third kappa shape index (κ3) is 4.41. The second-order valence-electron chi connectivity index (χ2n) is 13.2. The van der Waals surface area contributed by atoms with Crippen molar-refractivity contribution in [3.8, 4) is 11.1 Å². The summed E-state index contributed by atoms with van der Waals surface area (Å²) in [6.45, 7) is 0. The van der Waals surface area contributed by atoms with E-state index in [9.17, 15) is 0 Å². The SMILES string of the molecule is c1ccc(C2=NC(c3cccc4oc5ccccc5c34)=NC(c3cccc4c(-c5cccc6oc7cc8cnccc8cc7c56)cccc34)N2)cc1. The maximum atomic E-state index is 6.44. The second kappa shape index (κ2) is 11.2. The third-order valence-corrected chi connectivity index (χ3v) is 10.2. The van der Waals surface area contributed by atoms with E-state index < -0.39 is 6.17 Å². The van der Waals surface area contributed by atoms with Crippen LogP contribution in [0.25, 0.3) is 76.5 Å². The van der Waals surface area contributed by atoms with Crippen LogP contribution < -0.4 is 5.32 Å². The molecule has 0 bridgehead atoms. The molecule has 1 N–H and O–H groups in total. The van der Waals surface area contributed by atoms with Crippen molar-refractivity contribution < 1.29 is 8.83 Å². The summed E-state index contributed by atoms with van der Waals surface area (Å²) in [7, 11) is 0. The summed E-state index contributed by atoms with van der Waals surface area (Å²) in [6.07, 6.45) is 3.32. The summed E-state index contributed by atoms with van der Waals surface area (Å²) in [5.41, 5.74) is 8.61. The van der Waals surface area contributed by atoms with Crippen LogP contribution in [0.5, 0.6) is 0 Å². The molecule has 244 valence electrons. The molecule has 0 amide bonds. The third-order valence-electron chi connectivity index (χ3n) is 10.2. The van der Waals surface area contributed by atoms with E-state index in [1.165, 1.54) is 0 Å². The van der Waals surface area contributed by atoms with Crippen LogP contribution in [0.3, 0.4) is 0 Å². The van der Waals surface area contributed by atoms with Gasteiger partial charge in [-0.2, -0.15) is 0 Å². The number of fused-ring (bicyclic) bond motifs is 8. The first-order valence-corrected chi connectivity index (χ1v) is 17.4. The van der Waals surface area contributed by atoms with Gasteiger partial charge in [0.25, 0.3) is 0 Å². The molecule has 4 heterocycles. The van der Waals surface area contributed by atoms with Crippen LogP contribution in [0.1, 0.15) is 22.9 Å². The number of amidine groups is 2. The molecular formula is C46H28N4O2. The van der Waals surface area contributed by atoms with Crippen LogP contribution >= 0.6 is 0 Å². The van der Waals surface area contributed by atoms with Crippen molar-refractivity contribution >= 4 is 77.1 Å². The van der Waals surface area contributed by atoms with E-state index in [0.29, 0.717) is 5.84 Å². The van der Waals surface area contributed by atoms with Crippen LogP contribution in [0, 0.1) is 0 Å². The Morgan fingerprint density at radius 1 is 0.500 bits per heavy atom. The quantitative estimate of drug-likeness (QED) is 0.202. The van der Waals surface area contributed by atoms with E-state index in [0.717, 1.165) is 99.1 Å². The van der Waals surface area contributed by atoms with Crippen molar-refractivity contribution in [2.24, 2.45) is 9.98 Å². The maximum absolute atomic E-state index is 6.44. The standard InChI is InChI=1S/C46H28N4O2/c1-2-10-27(11-3-1)44-48-45(50-46(49-44)36-18-9-21-40-43(36)35-12-4-5-19-38(35)51-40)34-17-7-13-30-31(14-6-15-32(30)34)33-16-8-20-39-42(33)37-24-28-22-23-47-26-29(28)25-41(37)52-39/h1-26,45H,(H,48,49,50). The number of para-hydroxylation sites is 1. The lowest BCUT2D eigenvalue weighted by Crippen LogP contribution is -2.33. The zero-order valence-corrected chi connectivity index (χ0v) is 27.7. The van der Waals surface area contributed by atoms with Gasteiger partial charge in [0, 0.05) is 56.0 Å². The van der Waals surface area contributed by atoms with Gasteiger partial charge in [-0.3, -0.25) is 4.98 Å². The molecule has 1 aliphatic heterocycles. The van der Waals surface area contributed by atoms with Crippen LogP contribution in [-0.4, -0.2) is 16.7 Å². The van der Waals surface area contributed by atoms with E-state index in [-0.39, 0.29) is 0 Å². The zero-order chi connectivity index (χ0) is 34.2. The molecule has 0 spiro atoms. The van der Waals surface area contributed by atoms with Crippen molar-refractivity contribution in [1.29, 1.82) is 0 Å². The molecule has 0 saturated carbocycles. The Morgan fingerprint density at radius 2 is 1.19 bits per heavy atom. The van der Waals surface area contributed by atoms with Gasteiger partial charge in [-0.25, -0.2) is 9.98 Å². The summed E-state index contributed by atoms with van der Waals surface area (Å²) >= 11 is 0. The first kappa shape index (κ1) is 28.8. The number of hydrogen-bond acceptors (Lipinski definition) is 6. The molecule has 1 atom stereocenters. The van der Waals surface area contributed by atoms with Gasteiger partial charge in [-0.15, -0.1) is 0 Å². The minimum Gasteiger partial charge on any atom is -0.456 e. The van der Waals surface area contributed by atoms with Gasteiger partial charge >= 0.3 is 0 Å². The lowest BCUT2D eigenvalue weighted by atomic mass is 9.92. The average molecular weight is 669 g/mol. The van der Waals surface area contributed by atoms with Crippen molar-refractivity contribution in [3.05, 3.63) is 175 Å². The molecule has 3 aromatic heterocycles. The summed E-state index contributed by atoms with van der Waals surface area (Å²) in [5.74, 6) is 1.43. The molecule has 6 heteroatoms. The molecule has 6 nitrogen and oxygen atoms in total. The van der Waals surface area contributed by atoms with Gasteiger partial charge < -0.3 is 14.2 Å². The number of nitrogens with one attached hydrogen (secondary N) is 1. The zero-order valence-electron chi connectivity index (χ0n) is 27.7. The Kier molecular flexibility index (Phi) is 6.21. The largest absolute Gasteiger partial charge is 0.456 e. The number of pyridine rings is 1. The summed E-state index contributed by atoms with van der Waals surface area (Å²) in [5, 5.41) is 12.4. The molecule has 0 saturated heterocycles. The Labute approximate surface area is 297 Å². The minimum absolute atomic E-state index is 0.402. The van der Waals surface area contributed by atoms with E-state index in [2.05, 4.69) is 107 Å². The molecule has 52 heavy (non-hydrogen) atoms. The van der Waals surface area contributed by atoms with Gasteiger partial charge in [0.15, 0.2) is 5.84 Å². The van der Waals surface area contributed by atoms with Crippen molar-refractivity contribution in [2.75, 3.05) is 0 Å². The highest BCUT2D eigenvalue weighted by molar-refractivity contribution is 6.22. The van der Waals surface area contributed by atoms with Crippen LogP contribution in [0.2, 0.25) is 0 Å². The highest BCUT2D eigenvalue weighted by atomic mass is 16.3. The summed E-state index contributed by atoms with van der Waals surface area (Å²) in [4.78, 5) is 14.8. The van der Waals surface area contributed by atoms with Crippen LogP contribution in [-0.2, 0) is 0 Å². The first-order valence-electron chi connectivity index (χ1n) is 17.4. The van der Waals surface area contributed by atoms with Crippen molar-refractivity contribution in [3.63, 3.8) is 0 Å². The van der Waals surface area contributed by atoms with Gasteiger partial charge in [0.05, 0.1) is 0 Å². The molecule has 10 aromatic rings. The Hall–Kier alpha value is -7.05. The van der Waals surface area contributed by atoms with Gasteiger partial charge in [-0.1, -0.05) is 109 Å². The minimum atomic E-state index is -0.402. The normalized spacial score (nSPS) is 14.7. The molecule has 0 radical (unpaired) electrons. The van der Waals surface area contributed by atoms with Gasteiger partial charge in [-0.05, 0) is 63.7 Å². The maximum Gasteiger partial charge on any atom is 0.160 e. The lowest BCUT2D eigenvalue weighted by Gasteiger charge is -2.25. The molecule has 0 aliphatic carbocycles. The predicted molar refractivity (Wildman–Crippen MR) is 211 cm³/mol. The number of aromatic nitrogens is 1. The smallest absolute Gasteiger partial charge is 0.160 e. The number of benzene rings is 7. The molecule has 1 unspecified atom stereocenters. The highest BCUT2D eigenvalue weighted by Crippen LogP contribution is 2.42. The van der Waals surface area contributed by atoms with E-state index in [1.54, 1.807) is 0 Å². The Morgan fingerprint density at radius 3 is 2.10 bits per heavy atom. The number of hydrogen-bond donors (Lipinski definition) is 1. The van der Waals surface area contributed by atoms with Crippen molar-refractivity contribution in [2.45, 2.75) is 6.17 Å². The topological polar surface area (TPSA) is 75.9 Å². The second-order valence-corrected chi connectivity index (χ2v) is 13.2. The predicted octanol–water partition coefficient (Wildman–Crippen LogP) is 11.3. The number of nitrogens with zero attached hydrogens (tertiary/aromatic N) is 3. The summed E-state index contributed by atoms with van der Waals surface area (Å²) in [6, 6.07) is 50.2. The van der Waals surface area contributed by atoms with Crippen LogP contribution in [0.15, 0.2) is 177 Å².